The van der Waals surface area contributed by atoms with Crippen molar-refractivity contribution >= 4 is 21.2 Å². The van der Waals surface area contributed by atoms with Crippen molar-refractivity contribution in [3.63, 3.8) is 0 Å². The van der Waals surface area contributed by atoms with Crippen molar-refractivity contribution in [2.45, 2.75) is 19.3 Å². The SMILES string of the molecule is Nc1cccn2nc(CC3CCS(=O)(=O)CC3)nc12. The average Bonchev–Trinajstić information content (AvgIpc) is 2.76. The fourth-order valence-electron chi connectivity index (χ4n) is 2.46. The molecule has 1 saturated heterocycles. The Bertz CT molecular complexity index is 694. The van der Waals surface area contributed by atoms with Crippen molar-refractivity contribution in [2.24, 2.45) is 5.92 Å². The molecule has 19 heavy (non-hydrogen) atoms. The zero-order valence-corrected chi connectivity index (χ0v) is 11.3. The maximum atomic E-state index is 11.4. The Labute approximate surface area is 111 Å². The lowest BCUT2D eigenvalue weighted by Gasteiger charge is -2.20. The summed E-state index contributed by atoms with van der Waals surface area (Å²) in [5.41, 5.74) is 7.11. The molecule has 2 N–H and O–H groups in total. The van der Waals surface area contributed by atoms with Crippen molar-refractivity contribution in [2.75, 3.05) is 17.2 Å². The van der Waals surface area contributed by atoms with Crippen LogP contribution in [0.2, 0.25) is 0 Å². The maximum absolute atomic E-state index is 11.4. The minimum atomic E-state index is -2.81. The summed E-state index contributed by atoms with van der Waals surface area (Å²) in [5.74, 6) is 1.66. The monoisotopic (exact) mass is 280 g/mol. The van der Waals surface area contributed by atoms with E-state index in [9.17, 15) is 8.42 Å². The predicted octanol–water partition coefficient (Wildman–Crippen LogP) is 0.679. The molecular weight excluding hydrogens is 264 g/mol. The van der Waals surface area contributed by atoms with Crippen LogP contribution < -0.4 is 5.73 Å². The van der Waals surface area contributed by atoms with Crippen LogP contribution in [0.4, 0.5) is 5.69 Å². The van der Waals surface area contributed by atoms with E-state index < -0.39 is 9.84 Å². The van der Waals surface area contributed by atoms with E-state index in [0.717, 1.165) is 12.2 Å². The van der Waals surface area contributed by atoms with Gasteiger partial charge in [0.05, 0.1) is 17.2 Å². The Hall–Kier alpha value is -1.63. The second kappa shape index (κ2) is 4.48. The minimum absolute atomic E-state index is 0.285. The Balaban J connectivity index is 1.77. The molecule has 3 heterocycles. The van der Waals surface area contributed by atoms with Crippen LogP contribution in [0.15, 0.2) is 18.3 Å². The van der Waals surface area contributed by atoms with E-state index in [4.69, 9.17) is 5.73 Å². The summed E-state index contributed by atoms with van der Waals surface area (Å²) in [6.45, 7) is 0. The molecule has 0 radical (unpaired) electrons. The third-order valence-corrected chi connectivity index (χ3v) is 5.30. The molecule has 7 heteroatoms. The summed E-state index contributed by atoms with van der Waals surface area (Å²) >= 11 is 0. The molecule has 1 fully saturated rings. The lowest BCUT2D eigenvalue weighted by molar-refractivity contribution is 0.454. The molecule has 2 aromatic heterocycles. The first-order chi connectivity index (χ1) is 9.03. The van der Waals surface area contributed by atoms with Crippen molar-refractivity contribution in [3.05, 3.63) is 24.2 Å². The number of hydrogen-bond acceptors (Lipinski definition) is 5. The summed E-state index contributed by atoms with van der Waals surface area (Å²) < 4.78 is 24.4. The summed E-state index contributed by atoms with van der Waals surface area (Å²) in [4.78, 5) is 4.42. The number of pyridine rings is 1. The fourth-order valence-corrected chi connectivity index (χ4v) is 4.05. The van der Waals surface area contributed by atoms with E-state index in [-0.39, 0.29) is 11.5 Å². The number of sulfone groups is 1. The average molecular weight is 280 g/mol. The van der Waals surface area contributed by atoms with E-state index in [2.05, 4.69) is 10.1 Å². The Kier molecular flexibility index (Phi) is 2.93. The highest BCUT2D eigenvalue weighted by Gasteiger charge is 2.24. The predicted molar refractivity (Wildman–Crippen MR) is 72.5 cm³/mol. The Morgan fingerprint density at radius 3 is 2.79 bits per heavy atom. The molecule has 0 amide bonds. The fraction of sp³-hybridized carbons (Fsp3) is 0.500. The molecule has 1 aliphatic rings. The molecular formula is C12H16N4O2S. The number of anilines is 1. The second-order valence-corrected chi connectivity index (χ2v) is 7.36. The quantitative estimate of drug-likeness (QED) is 0.873. The van der Waals surface area contributed by atoms with Crippen LogP contribution in [-0.4, -0.2) is 34.5 Å². The van der Waals surface area contributed by atoms with Gasteiger partial charge in [0.2, 0.25) is 0 Å². The van der Waals surface area contributed by atoms with E-state index in [1.165, 1.54) is 0 Å². The first kappa shape index (κ1) is 12.4. The molecule has 0 aliphatic carbocycles. The van der Waals surface area contributed by atoms with Crippen molar-refractivity contribution < 1.29 is 8.42 Å². The van der Waals surface area contributed by atoms with Gasteiger partial charge in [0.15, 0.2) is 11.5 Å². The van der Waals surface area contributed by atoms with Crippen LogP contribution in [0.25, 0.3) is 5.65 Å². The molecule has 0 saturated carbocycles. The highest BCUT2D eigenvalue weighted by atomic mass is 32.2. The van der Waals surface area contributed by atoms with Crippen LogP contribution >= 0.6 is 0 Å². The third-order valence-electron chi connectivity index (χ3n) is 3.58. The molecule has 0 spiro atoms. The van der Waals surface area contributed by atoms with Crippen LogP contribution in [-0.2, 0) is 16.3 Å². The van der Waals surface area contributed by atoms with Crippen molar-refractivity contribution in [3.8, 4) is 0 Å². The summed E-state index contributed by atoms with van der Waals surface area (Å²) in [7, 11) is -2.81. The molecule has 0 unspecified atom stereocenters. The Morgan fingerprint density at radius 1 is 1.37 bits per heavy atom. The number of nitrogen functional groups attached to an aromatic ring is 1. The molecule has 3 rings (SSSR count). The van der Waals surface area contributed by atoms with E-state index in [1.54, 1.807) is 10.6 Å². The number of rotatable bonds is 2. The second-order valence-electron chi connectivity index (χ2n) is 5.06. The van der Waals surface area contributed by atoms with Crippen LogP contribution in [0.3, 0.4) is 0 Å². The van der Waals surface area contributed by atoms with E-state index >= 15 is 0 Å². The van der Waals surface area contributed by atoms with Gasteiger partial charge in [0.25, 0.3) is 0 Å². The highest BCUT2D eigenvalue weighted by Crippen LogP contribution is 2.22. The number of nitrogens with zero attached hydrogens (tertiary/aromatic N) is 3. The Morgan fingerprint density at radius 2 is 2.11 bits per heavy atom. The van der Waals surface area contributed by atoms with Crippen molar-refractivity contribution in [1.82, 2.24) is 14.6 Å². The summed E-state index contributed by atoms with van der Waals surface area (Å²) in [5, 5.41) is 4.38. The standard InChI is InChI=1S/C12H16N4O2S/c13-10-2-1-5-16-12(10)14-11(15-16)8-9-3-6-19(17,18)7-4-9/h1-2,5,9H,3-4,6-8,13H2. The van der Waals surface area contributed by atoms with Gasteiger partial charge in [0, 0.05) is 12.6 Å². The van der Waals surface area contributed by atoms with Gasteiger partial charge in [-0.1, -0.05) is 0 Å². The molecule has 0 aromatic carbocycles. The van der Waals surface area contributed by atoms with Crippen LogP contribution in [0, 0.1) is 5.92 Å². The van der Waals surface area contributed by atoms with Gasteiger partial charge >= 0.3 is 0 Å². The minimum Gasteiger partial charge on any atom is -0.396 e. The third kappa shape index (κ3) is 2.56. The number of hydrogen-bond donors (Lipinski definition) is 1. The molecule has 1 aliphatic heterocycles. The number of aromatic nitrogens is 3. The van der Waals surface area contributed by atoms with Gasteiger partial charge in [-0.05, 0) is 30.9 Å². The van der Waals surface area contributed by atoms with Crippen LogP contribution in [0.5, 0.6) is 0 Å². The molecule has 0 bridgehead atoms. The van der Waals surface area contributed by atoms with Gasteiger partial charge in [-0.2, -0.15) is 5.10 Å². The van der Waals surface area contributed by atoms with Crippen molar-refractivity contribution in [1.29, 1.82) is 0 Å². The largest absolute Gasteiger partial charge is 0.396 e. The summed E-state index contributed by atoms with van der Waals surface area (Å²) in [6, 6.07) is 3.62. The first-order valence-corrected chi connectivity index (χ1v) is 8.16. The first-order valence-electron chi connectivity index (χ1n) is 6.34. The maximum Gasteiger partial charge on any atom is 0.178 e. The topological polar surface area (TPSA) is 90.4 Å². The molecule has 102 valence electrons. The van der Waals surface area contributed by atoms with Gasteiger partial charge < -0.3 is 5.73 Å². The number of fused-ring (bicyclic) bond motifs is 1. The number of nitrogens with two attached hydrogens (primary N) is 1. The van der Waals surface area contributed by atoms with Crippen LogP contribution in [0.1, 0.15) is 18.7 Å². The zero-order chi connectivity index (χ0) is 13.5. The molecule has 6 nitrogen and oxygen atoms in total. The van der Waals surface area contributed by atoms with Gasteiger partial charge in [-0.25, -0.2) is 17.9 Å². The smallest absolute Gasteiger partial charge is 0.178 e. The van der Waals surface area contributed by atoms with E-state index in [0.29, 0.717) is 30.1 Å². The lowest BCUT2D eigenvalue weighted by atomic mass is 9.99. The highest BCUT2D eigenvalue weighted by molar-refractivity contribution is 7.91. The summed E-state index contributed by atoms with van der Waals surface area (Å²) in [6.07, 6.45) is 3.94. The van der Waals surface area contributed by atoms with Gasteiger partial charge in [-0.15, -0.1) is 0 Å². The molecule has 0 atom stereocenters. The van der Waals surface area contributed by atoms with Gasteiger partial charge in [0.1, 0.15) is 9.84 Å². The molecule has 2 aromatic rings. The van der Waals surface area contributed by atoms with E-state index in [1.807, 2.05) is 12.3 Å². The normalized spacial score (nSPS) is 19.8. The van der Waals surface area contributed by atoms with Gasteiger partial charge in [-0.3, -0.25) is 0 Å². The lowest BCUT2D eigenvalue weighted by Crippen LogP contribution is -2.24. The zero-order valence-electron chi connectivity index (χ0n) is 10.5.